The van der Waals surface area contributed by atoms with E-state index in [2.05, 4.69) is 23.3 Å². The van der Waals surface area contributed by atoms with Gasteiger partial charge in [0.15, 0.2) is 0 Å². The van der Waals surface area contributed by atoms with Crippen LogP contribution < -0.4 is 5.32 Å². The van der Waals surface area contributed by atoms with Crippen LogP contribution in [0.2, 0.25) is 5.02 Å². The van der Waals surface area contributed by atoms with Gasteiger partial charge in [-0.1, -0.05) is 24.9 Å². The number of rotatable bonds is 5. The number of halogens is 1. The van der Waals surface area contributed by atoms with E-state index in [0.717, 1.165) is 64.2 Å². The smallest absolute Gasteiger partial charge is 0.114 e. The number of aromatic amines is 1. The Morgan fingerprint density at radius 1 is 1.32 bits per heavy atom. The molecule has 0 bridgehead atoms. The number of H-pyrrole nitrogens is 1. The van der Waals surface area contributed by atoms with Crippen LogP contribution in [0.15, 0.2) is 23.2 Å². The third kappa shape index (κ3) is 3.83. The molecule has 2 N–H and O–H groups in total. The second-order valence-corrected chi connectivity index (χ2v) is 8.26. The summed E-state index contributed by atoms with van der Waals surface area (Å²) in [6.45, 7) is 3.87. The van der Waals surface area contributed by atoms with Gasteiger partial charge in [-0.2, -0.15) is 0 Å². The standard InChI is InChI=1S/C19H24ClN3OS/c1-2-3-15-11-25-19(22-15)17-9-12-8-13(20)10-16(18(12)23-17)21-14-4-6-24-7-5-14/h8-10,14-15,21,23H,2-7,11H2,1H3/t15-/m1/s1. The van der Waals surface area contributed by atoms with Gasteiger partial charge in [0.2, 0.25) is 0 Å². The molecule has 4 rings (SSSR count). The summed E-state index contributed by atoms with van der Waals surface area (Å²) in [5.41, 5.74) is 3.30. The second-order valence-electron chi connectivity index (χ2n) is 6.82. The van der Waals surface area contributed by atoms with Crippen LogP contribution in [0.5, 0.6) is 0 Å². The summed E-state index contributed by atoms with van der Waals surface area (Å²) >= 11 is 8.21. The van der Waals surface area contributed by atoms with Crippen molar-refractivity contribution < 1.29 is 4.74 Å². The molecule has 1 atom stereocenters. The molecule has 1 aromatic carbocycles. The molecule has 25 heavy (non-hydrogen) atoms. The Kier molecular flexibility index (Phi) is 5.25. The average molecular weight is 378 g/mol. The van der Waals surface area contributed by atoms with Crippen LogP contribution in [-0.4, -0.2) is 41.1 Å². The van der Waals surface area contributed by atoms with Gasteiger partial charge in [0, 0.05) is 35.4 Å². The summed E-state index contributed by atoms with van der Waals surface area (Å²) in [4.78, 5) is 8.47. The number of benzene rings is 1. The van der Waals surface area contributed by atoms with Crippen molar-refractivity contribution in [3.63, 3.8) is 0 Å². The monoisotopic (exact) mass is 377 g/mol. The van der Waals surface area contributed by atoms with Crippen LogP contribution in [-0.2, 0) is 4.74 Å². The van der Waals surface area contributed by atoms with Crippen molar-refractivity contribution >= 4 is 45.0 Å². The summed E-state index contributed by atoms with van der Waals surface area (Å²) < 4.78 is 5.46. The first-order chi connectivity index (χ1) is 12.2. The van der Waals surface area contributed by atoms with Crippen molar-refractivity contribution in [2.75, 3.05) is 24.3 Å². The second kappa shape index (κ2) is 7.60. The molecule has 6 heteroatoms. The van der Waals surface area contributed by atoms with E-state index in [9.17, 15) is 0 Å². The number of nitrogens with zero attached hydrogens (tertiary/aromatic N) is 1. The maximum Gasteiger partial charge on any atom is 0.114 e. The van der Waals surface area contributed by atoms with E-state index in [-0.39, 0.29) is 0 Å². The topological polar surface area (TPSA) is 49.4 Å². The van der Waals surface area contributed by atoms with Gasteiger partial charge in [0.1, 0.15) is 5.04 Å². The van der Waals surface area contributed by atoms with E-state index in [1.54, 1.807) is 0 Å². The zero-order valence-corrected chi connectivity index (χ0v) is 16.1. The molecule has 4 nitrogen and oxygen atoms in total. The zero-order valence-electron chi connectivity index (χ0n) is 14.5. The fraction of sp³-hybridized carbons (Fsp3) is 0.526. The van der Waals surface area contributed by atoms with Gasteiger partial charge >= 0.3 is 0 Å². The molecule has 0 saturated carbocycles. The third-order valence-electron chi connectivity index (χ3n) is 4.84. The quantitative estimate of drug-likeness (QED) is 0.764. The fourth-order valence-electron chi connectivity index (χ4n) is 3.54. The third-order valence-corrected chi connectivity index (χ3v) is 6.21. The molecule has 1 saturated heterocycles. The number of thioether (sulfide) groups is 1. The molecule has 0 radical (unpaired) electrons. The number of aliphatic imine (C=N–C) groups is 1. The number of hydrogen-bond acceptors (Lipinski definition) is 4. The molecule has 1 fully saturated rings. The van der Waals surface area contributed by atoms with Crippen LogP contribution >= 0.6 is 23.4 Å². The predicted octanol–water partition coefficient (Wildman–Crippen LogP) is 5.07. The lowest BCUT2D eigenvalue weighted by atomic mass is 10.1. The van der Waals surface area contributed by atoms with E-state index < -0.39 is 0 Å². The minimum absolute atomic E-state index is 0.439. The van der Waals surface area contributed by atoms with Crippen LogP contribution in [0.4, 0.5) is 5.69 Å². The van der Waals surface area contributed by atoms with E-state index in [4.69, 9.17) is 21.3 Å². The predicted molar refractivity (Wildman–Crippen MR) is 108 cm³/mol. The summed E-state index contributed by atoms with van der Waals surface area (Å²) in [7, 11) is 0. The van der Waals surface area contributed by atoms with Crippen molar-refractivity contribution in [1.29, 1.82) is 0 Å². The summed E-state index contributed by atoms with van der Waals surface area (Å²) in [5.74, 6) is 1.09. The highest BCUT2D eigenvalue weighted by atomic mass is 35.5. The van der Waals surface area contributed by atoms with Gasteiger partial charge < -0.3 is 15.0 Å². The maximum atomic E-state index is 6.36. The van der Waals surface area contributed by atoms with Gasteiger partial charge in [-0.15, -0.1) is 11.8 Å². The highest BCUT2D eigenvalue weighted by Gasteiger charge is 2.21. The Morgan fingerprint density at radius 2 is 2.16 bits per heavy atom. The minimum atomic E-state index is 0.439. The Morgan fingerprint density at radius 3 is 2.96 bits per heavy atom. The normalized spacial score (nSPS) is 21.7. The summed E-state index contributed by atoms with van der Waals surface area (Å²) in [6, 6.07) is 7.12. The summed E-state index contributed by atoms with van der Waals surface area (Å²) in [5, 5.41) is 6.68. The van der Waals surface area contributed by atoms with Gasteiger partial charge in [-0.3, -0.25) is 4.99 Å². The lowest BCUT2D eigenvalue weighted by molar-refractivity contribution is 0.0905. The SMILES string of the molecule is CCC[C@@H]1CSC(c2cc3cc(Cl)cc(NC4CCOCC4)c3[nH]2)=N1. The number of anilines is 1. The molecule has 2 aliphatic heterocycles. The van der Waals surface area contributed by atoms with Crippen molar-refractivity contribution in [3.05, 3.63) is 28.9 Å². The van der Waals surface area contributed by atoms with Gasteiger partial charge in [0.05, 0.1) is 22.9 Å². The van der Waals surface area contributed by atoms with E-state index >= 15 is 0 Å². The molecule has 2 aromatic rings. The van der Waals surface area contributed by atoms with Crippen LogP contribution in [0.1, 0.15) is 38.3 Å². The molecule has 134 valence electrons. The Balaban J connectivity index is 1.63. The molecular formula is C19H24ClN3OS. The van der Waals surface area contributed by atoms with Crippen LogP contribution in [0.3, 0.4) is 0 Å². The lowest BCUT2D eigenvalue weighted by Gasteiger charge is -2.24. The zero-order chi connectivity index (χ0) is 17.2. The Bertz CT molecular complexity index is 782. The average Bonchev–Trinajstić information content (AvgIpc) is 3.23. The molecule has 0 spiro atoms. The van der Waals surface area contributed by atoms with Crippen molar-refractivity contribution in [2.45, 2.75) is 44.7 Å². The maximum absolute atomic E-state index is 6.36. The highest BCUT2D eigenvalue weighted by Crippen LogP contribution is 2.33. The van der Waals surface area contributed by atoms with E-state index in [1.165, 1.54) is 12.8 Å². The fourth-order valence-corrected chi connectivity index (χ4v) is 4.85. The largest absolute Gasteiger partial charge is 0.381 e. The number of fused-ring (bicyclic) bond motifs is 1. The molecule has 0 unspecified atom stereocenters. The van der Waals surface area contributed by atoms with Crippen LogP contribution in [0, 0.1) is 0 Å². The molecule has 1 aromatic heterocycles. The molecule has 0 aliphatic carbocycles. The lowest BCUT2D eigenvalue weighted by Crippen LogP contribution is -2.27. The van der Waals surface area contributed by atoms with Gasteiger partial charge in [0.25, 0.3) is 0 Å². The van der Waals surface area contributed by atoms with Crippen molar-refractivity contribution in [3.8, 4) is 0 Å². The number of hydrogen-bond donors (Lipinski definition) is 2. The molecule has 3 heterocycles. The number of aromatic nitrogens is 1. The van der Waals surface area contributed by atoms with Crippen molar-refractivity contribution in [2.24, 2.45) is 4.99 Å². The van der Waals surface area contributed by atoms with Gasteiger partial charge in [-0.25, -0.2) is 0 Å². The van der Waals surface area contributed by atoms with Crippen molar-refractivity contribution in [1.82, 2.24) is 4.98 Å². The van der Waals surface area contributed by atoms with Gasteiger partial charge in [-0.05, 0) is 37.5 Å². The van der Waals surface area contributed by atoms with E-state index in [1.807, 2.05) is 23.9 Å². The van der Waals surface area contributed by atoms with Crippen LogP contribution in [0.25, 0.3) is 10.9 Å². The number of nitrogens with one attached hydrogen (secondary N) is 2. The molecule has 2 aliphatic rings. The summed E-state index contributed by atoms with van der Waals surface area (Å²) in [6.07, 6.45) is 4.41. The Hall–Kier alpha value is -1.17. The minimum Gasteiger partial charge on any atom is -0.381 e. The first kappa shape index (κ1) is 17.3. The highest BCUT2D eigenvalue weighted by molar-refractivity contribution is 8.14. The first-order valence-corrected chi connectivity index (χ1v) is 10.5. The molecular weight excluding hydrogens is 354 g/mol. The number of ether oxygens (including phenoxy) is 1. The Labute approximate surface area is 157 Å². The first-order valence-electron chi connectivity index (χ1n) is 9.10. The molecule has 0 amide bonds. The van der Waals surface area contributed by atoms with E-state index in [0.29, 0.717) is 12.1 Å².